The SMILES string of the molecule is Cc1ccc(-c2ccc(C(F)(F)F)s2)cc1F.N#CCNC(=O)[C@H]1N[C@@H]2CCC1C2. The molecule has 2 aromatic rings. The first-order valence-corrected chi connectivity index (χ1v) is 10.3. The maximum atomic E-state index is 13.3. The molecule has 1 saturated heterocycles. The Labute approximate surface area is 175 Å². The lowest BCUT2D eigenvalue weighted by Gasteiger charge is -2.21. The van der Waals surface area contributed by atoms with Crippen molar-refractivity contribution in [3.63, 3.8) is 0 Å². The van der Waals surface area contributed by atoms with Gasteiger partial charge in [-0.05, 0) is 61.4 Å². The highest BCUT2D eigenvalue weighted by Crippen LogP contribution is 2.38. The van der Waals surface area contributed by atoms with E-state index in [2.05, 4.69) is 10.6 Å². The van der Waals surface area contributed by atoms with Crippen molar-refractivity contribution in [1.82, 2.24) is 10.6 Å². The highest BCUT2D eigenvalue weighted by atomic mass is 32.1. The number of benzene rings is 1. The number of piperidine rings is 1. The number of hydrogen-bond acceptors (Lipinski definition) is 4. The van der Waals surface area contributed by atoms with Gasteiger partial charge in [-0.15, -0.1) is 11.3 Å². The summed E-state index contributed by atoms with van der Waals surface area (Å²) in [7, 11) is 0. The fourth-order valence-corrected chi connectivity index (χ4v) is 4.65. The molecule has 0 spiro atoms. The Morgan fingerprint density at radius 1 is 1.30 bits per heavy atom. The molecule has 1 unspecified atom stereocenters. The number of hydrogen-bond donors (Lipinski definition) is 2. The van der Waals surface area contributed by atoms with Gasteiger partial charge >= 0.3 is 6.18 Å². The van der Waals surface area contributed by atoms with Crippen molar-refractivity contribution < 1.29 is 22.4 Å². The van der Waals surface area contributed by atoms with E-state index in [-0.39, 0.29) is 18.5 Å². The number of amides is 1. The molecule has 1 aliphatic heterocycles. The number of nitrogens with zero attached hydrogens (tertiary/aromatic N) is 1. The van der Waals surface area contributed by atoms with Gasteiger partial charge in [-0.25, -0.2) is 4.39 Å². The maximum Gasteiger partial charge on any atom is 0.425 e. The molecule has 30 heavy (non-hydrogen) atoms. The standard InChI is InChI=1S/C12H8F4S.C9H13N3O/c1-7-2-3-8(6-9(7)13)10-4-5-11(17-10)12(14,15)16;10-3-4-11-9(13)8-6-1-2-7(5-6)12-8/h2-6H,1H3;6-8,12H,1-2,4-5H2,(H,11,13)/t;6?,7-,8+/m.1/s1. The van der Waals surface area contributed by atoms with Gasteiger partial charge in [-0.2, -0.15) is 18.4 Å². The minimum atomic E-state index is -4.34. The van der Waals surface area contributed by atoms with Crippen LogP contribution in [0.4, 0.5) is 17.6 Å². The van der Waals surface area contributed by atoms with Gasteiger partial charge in [-0.1, -0.05) is 12.1 Å². The van der Waals surface area contributed by atoms with Crippen LogP contribution in [0.25, 0.3) is 10.4 Å². The summed E-state index contributed by atoms with van der Waals surface area (Å²) in [5.74, 6) is 0.0851. The molecular weight excluding hydrogens is 418 g/mol. The Balaban J connectivity index is 0.000000177. The van der Waals surface area contributed by atoms with Gasteiger partial charge in [0.15, 0.2) is 0 Å². The van der Waals surface area contributed by atoms with Gasteiger partial charge in [0.05, 0.1) is 12.1 Å². The number of carbonyl (C=O) groups is 1. The average Bonchev–Trinajstić information content (AvgIpc) is 3.44. The molecule has 2 aliphatic rings. The highest BCUT2D eigenvalue weighted by Gasteiger charge is 2.42. The molecule has 1 amide bonds. The predicted octanol–water partition coefficient (Wildman–Crippen LogP) is 4.65. The molecule has 2 fully saturated rings. The average molecular weight is 439 g/mol. The van der Waals surface area contributed by atoms with Crippen molar-refractivity contribution in [2.75, 3.05) is 6.54 Å². The van der Waals surface area contributed by atoms with E-state index < -0.39 is 16.9 Å². The largest absolute Gasteiger partial charge is 0.425 e. The van der Waals surface area contributed by atoms with Crippen LogP contribution in [0.1, 0.15) is 29.7 Å². The number of thiophene rings is 1. The van der Waals surface area contributed by atoms with Gasteiger partial charge in [0.1, 0.15) is 17.2 Å². The molecule has 2 bridgehead atoms. The van der Waals surface area contributed by atoms with Crippen LogP contribution in [0.3, 0.4) is 0 Å². The number of rotatable bonds is 3. The number of alkyl halides is 3. The van der Waals surface area contributed by atoms with Crippen molar-refractivity contribution in [2.45, 2.75) is 44.4 Å². The van der Waals surface area contributed by atoms with Crippen LogP contribution in [0.5, 0.6) is 0 Å². The number of halogens is 4. The van der Waals surface area contributed by atoms with Gasteiger partial charge in [0, 0.05) is 10.9 Å². The molecule has 1 aromatic carbocycles. The summed E-state index contributed by atoms with van der Waals surface area (Å²) < 4.78 is 50.5. The molecule has 3 atom stereocenters. The summed E-state index contributed by atoms with van der Waals surface area (Å²) in [4.78, 5) is 11.2. The lowest BCUT2D eigenvalue weighted by molar-refractivity contribution is -0.134. The van der Waals surface area contributed by atoms with Crippen LogP contribution >= 0.6 is 11.3 Å². The van der Waals surface area contributed by atoms with Crippen LogP contribution in [0.2, 0.25) is 0 Å². The number of aryl methyl sites for hydroxylation is 1. The second kappa shape index (κ2) is 9.14. The Morgan fingerprint density at radius 3 is 2.60 bits per heavy atom. The zero-order chi connectivity index (χ0) is 21.9. The molecule has 2 heterocycles. The number of nitriles is 1. The van der Waals surface area contributed by atoms with Crippen molar-refractivity contribution in [3.8, 4) is 16.5 Å². The Hall–Kier alpha value is -2.44. The Bertz CT molecular complexity index is 950. The third-order valence-electron chi connectivity index (χ3n) is 5.33. The highest BCUT2D eigenvalue weighted by molar-refractivity contribution is 7.15. The van der Waals surface area contributed by atoms with E-state index in [0.717, 1.165) is 18.9 Å². The van der Waals surface area contributed by atoms with E-state index >= 15 is 0 Å². The zero-order valence-electron chi connectivity index (χ0n) is 16.2. The van der Waals surface area contributed by atoms with E-state index in [9.17, 15) is 22.4 Å². The van der Waals surface area contributed by atoms with Crippen molar-refractivity contribution in [3.05, 3.63) is 46.6 Å². The predicted molar refractivity (Wildman–Crippen MR) is 106 cm³/mol. The molecule has 0 radical (unpaired) electrons. The van der Waals surface area contributed by atoms with Gasteiger partial charge in [-0.3, -0.25) is 4.79 Å². The first-order chi connectivity index (χ1) is 14.2. The van der Waals surface area contributed by atoms with Crippen molar-refractivity contribution in [1.29, 1.82) is 5.26 Å². The summed E-state index contributed by atoms with van der Waals surface area (Å²) in [6.45, 7) is 1.73. The van der Waals surface area contributed by atoms with E-state index in [1.54, 1.807) is 19.1 Å². The lowest BCUT2D eigenvalue weighted by atomic mass is 9.99. The number of nitrogens with one attached hydrogen (secondary N) is 2. The van der Waals surface area contributed by atoms with Gasteiger partial charge in [0.2, 0.25) is 5.91 Å². The molecular formula is C21H21F4N3OS. The zero-order valence-corrected chi connectivity index (χ0v) is 17.0. The minimum absolute atomic E-state index is 0.00579. The molecule has 1 saturated carbocycles. The summed E-state index contributed by atoms with van der Waals surface area (Å²) >= 11 is 0.616. The molecule has 4 nitrogen and oxygen atoms in total. The summed E-state index contributed by atoms with van der Waals surface area (Å²) in [6, 6.07) is 9.21. The van der Waals surface area contributed by atoms with Crippen LogP contribution in [-0.4, -0.2) is 24.5 Å². The molecule has 160 valence electrons. The summed E-state index contributed by atoms with van der Waals surface area (Å²) in [5.41, 5.74) is 0.940. The second-order valence-corrected chi connectivity index (χ2v) is 8.50. The van der Waals surface area contributed by atoms with Gasteiger partial charge < -0.3 is 10.6 Å². The van der Waals surface area contributed by atoms with Crippen LogP contribution in [-0.2, 0) is 11.0 Å². The third-order valence-corrected chi connectivity index (χ3v) is 6.50. The molecule has 2 N–H and O–H groups in total. The summed E-state index contributed by atoms with van der Waals surface area (Å²) in [5, 5.41) is 14.2. The Kier molecular flexibility index (Phi) is 6.78. The molecule has 1 aliphatic carbocycles. The van der Waals surface area contributed by atoms with Gasteiger partial charge in [0.25, 0.3) is 0 Å². The first-order valence-electron chi connectivity index (χ1n) is 9.53. The van der Waals surface area contributed by atoms with Crippen LogP contribution in [0.15, 0.2) is 30.3 Å². The van der Waals surface area contributed by atoms with E-state index in [4.69, 9.17) is 5.26 Å². The molecule has 9 heteroatoms. The van der Waals surface area contributed by atoms with Crippen LogP contribution < -0.4 is 10.6 Å². The molecule has 4 rings (SSSR count). The van der Waals surface area contributed by atoms with E-state index in [1.807, 2.05) is 6.07 Å². The smallest absolute Gasteiger partial charge is 0.342 e. The van der Waals surface area contributed by atoms with E-state index in [1.165, 1.54) is 18.6 Å². The van der Waals surface area contributed by atoms with Crippen molar-refractivity contribution in [2.24, 2.45) is 5.92 Å². The van der Waals surface area contributed by atoms with Crippen LogP contribution in [0, 0.1) is 30.0 Å². The minimum Gasteiger partial charge on any atom is -0.342 e. The van der Waals surface area contributed by atoms with Crippen molar-refractivity contribution >= 4 is 17.2 Å². The number of carbonyl (C=O) groups excluding carboxylic acids is 1. The molecule has 1 aromatic heterocycles. The fraction of sp³-hybridized carbons (Fsp3) is 0.429. The first kappa shape index (κ1) is 22.2. The quantitative estimate of drug-likeness (QED) is 0.541. The second-order valence-electron chi connectivity index (χ2n) is 7.42. The lowest BCUT2D eigenvalue weighted by Crippen LogP contribution is -2.47. The fourth-order valence-electron chi connectivity index (χ4n) is 3.78. The maximum absolute atomic E-state index is 13.3. The third kappa shape index (κ3) is 5.18. The Morgan fingerprint density at radius 2 is 2.07 bits per heavy atom. The van der Waals surface area contributed by atoms with E-state index in [0.29, 0.717) is 39.3 Å². The number of fused-ring (bicyclic) bond motifs is 2. The summed E-state index contributed by atoms with van der Waals surface area (Å²) in [6.07, 6.45) is -0.855. The topological polar surface area (TPSA) is 64.9 Å². The normalized spacial score (nSPS) is 22.2. The monoisotopic (exact) mass is 439 g/mol.